The molecule has 0 aliphatic carbocycles. The van der Waals surface area contributed by atoms with Gasteiger partial charge in [-0.1, -0.05) is 0 Å². The van der Waals surface area contributed by atoms with E-state index >= 15 is 70.2 Å². The Hall–Kier alpha value is -13.6. The number of non-ortho nitro benzene ring substituents is 4. The third-order valence-electron chi connectivity index (χ3n) is 16.1. The molecule has 4 aliphatic heterocycles. The van der Waals surface area contributed by atoms with E-state index in [-0.39, 0.29) is 0 Å². The van der Waals surface area contributed by atoms with E-state index in [4.69, 9.17) is 0 Å². The van der Waals surface area contributed by atoms with Crippen LogP contribution in [0, 0.1) is 157 Å². The van der Waals surface area contributed by atoms with Crippen LogP contribution in [0.4, 0.5) is 111 Å². The summed E-state index contributed by atoms with van der Waals surface area (Å²) in [5.41, 5.74) is -33.1. The Kier molecular flexibility index (Phi) is 16.7. The number of nitrogens with one attached hydrogen (secondary N) is 2. The highest BCUT2D eigenvalue weighted by Gasteiger charge is 2.37. The second-order valence-electron chi connectivity index (χ2n) is 22.0. The van der Waals surface area contributed by atoms with E-state index in [0.717, 1.165) is 24.3 Å². The summed E-state index contributed by atoms with van der Waals surface area (Å²) in [5.74, 6) is -54.6. The molecule has 522 valence electrons. The largest absolute Gasteiger partial charge is 0.354 e. The molecular weight excluding hydrogens is 1440 g/mol. The van der Waals surface area contributed by atoms with Crippen LogP contribution in [-0.4, -0.2) is 49.6 Å². The van der Waals surface area contributed by atoms with Crippen molar-refractivity contribution in [3.05, 3.63) is 263 Å². The van der Waals surface area contributed by atoms with Crippen LogP contribution in [0.2, 0.25) is 0 Å². The highest BCUT2D eigenvalue weighted by atomic mass is 19.2. The first kappa shape index (κ1) is 68.9. The first-order valence-electron chi connectivity index (χ1n) is 28.4. The SMILES string of the molecule is O=[N+]([O-])c1cc(-c2c3nc(c(-c4c(F)c(F)c(F)c(F)c4F)c4nc(c(-c5c(F)c(F)c(F)c(F)c5F)c5ccc([nH]5)c(-c5cc([N+](=O)[O-])cc([N+](=O)[O-])c5)c5nc(c(-c6c(F)c(F)c(F)c(F)c6F)c6nc(c(-c7c(F)c(F)c(F)c(F)c7F)c7ccc2[nH]7)C=C6)C=C5)C=C4)C=C3)cc([N+](=O)[O-])c1. The average molecular weight is 1460 g/mol. The smallest absolute Gasteiger partial charge is 0.276 e. The number of aromatic amines is 2. The van der Waals surface area contributed by atoms with Crippen molar-refractivity contribution in [2.45, 2.75) is 0 Å². The summed E-state index contributed by atoms with van der Waals surface area (Å²) in [4.78, 5) is 66.6. The molecule has 4 aliphatic rings. The molecule has 0 fully saturated rings. The van der Waals surface area contributed by atoms with E-state index in [1.807, 2.05) is 0 Å². The van der Waals surface area contributed by atoms with E-state index in [0.29, 0.717) is 85.0 Å². The zero-order valence-corrected chi connectivity index (χ0v) is 49.8. The van der Waals surface area contributed by atoms with Gasteiger partial charge in [0.1, 0.15) is 0 Å². The summed E-state index contributed by atoms with van der Waals surface area (Å²) in [5, 5.41) is 49.8. The fraction of sp³-hybridized carbons (Fsp3) is 0. The lowest BCUT2D eigenvalue weighted by molar-refractivity contribution is -0.394. The van der Waals surface area contributed by atoms with E-state index in [1.54, 1.807) is 0 Å². The first-order chi connectivity index (χ1) is 49.2. The van der Waals surface area contributed by atoms with Gasteiger partial charge in [0.2, 0.25) is 23.3 Å². The van der Waals surface area contributed by atoms with Crippen LogP contribution in [0.15, 0.2) is 60.7 Å². The maximum atomic E-state index is 16.6. The van der Waals surface area contributed by atoms with Gasteiger partial charge < -0.3 is 9.97 Å². The number of nitro groups is 4. The molecule has 0 spiro atoms. The highest BCUT2D eigenvalue weighted by Crippen LogP contribution is 2.47. The minimum Gasteiger partial charge on any atom is -0.354 e. The molecule has 7 heterocycles. The van der Waals surface area contributed by atoms with Gasteiger partial charge in [0.05, 0.1) is 99.6 Å². The predicted molar refractivity (Wildman–Crippen MR) is 326 cm³/mol. The Bertz CT molecular complexity index is 5520. The molecule has 12 bridgehead atoms. The zero-order chi connectivity index (χ0) is 75.0. The molecular formula is C66H20F20N10O8. The van der Waals surface area contributed by atoms with Crippen molar-refractivity contribution in [1.29, 1.82) is 0 Å². The standard InChI is InChI=1S/C66H20F20N10O8/c67-47-43(48(68)56(76)63(83)55(47)75)39-29-5-1-25(87-29)37(19-13-21(93(97)98)17-22(14-19)94(99)100)26-2-6-30(88-26)40(44-49(69)57(77)64(84)58(78)50(44)70)35-11-12-36(92-35)42(46-53(73)61(81)66(86)62(82)54(46)74)32-8-4-28(90-32)38(20-15-23(95(101)102)18-24(16-20)96(103)104)27-3-7-31(89-27)41(34-10-9-33(39)91-34)45-51(71)59(79)65(85)60(80)52(45)72/h1-18,87,90H. The fourth-order valence-electron chi connectivity index (χ4n) is 11.6. The summed E-state index contributed by atoms with van der Waals surface area (Å²) in [6.07, 6.45) is 4.93. The van der Waals surface area contributed by atoms with Crippen molar-refractivity contribution < 1.29 is 108 Å². The molecule has 0 unspecified atom stereocenters. The van der Waals surface area contributed by atoms with Crippen LogP contribution in [0.25, 0.3) is 137 Å². The number of hydrogen-bond donors (Lipinski definition) is 2. The van der Waals surface area contributed by atoms with Crippen molar-refractivity contribution in [2.24, 2.45) is 0 Å². The lowest BCUT2D eigenvalue weighted by Gasteiger charge is -2.11. The fourth-order valence-corrected chi connectivity index (χ4v) is 11.6. The molecule has 0 saturated carbocycles. The summed E-state index contributed by atoms with van der Waals surface area (Å²) in [6.45, 7) is 0. The molecule has 13 rings (SSSR count). The number of H-pyrrole nitrogens is 2. The van der Waals surface area contributed by atoms with Crippen LogP contribution in [0.5, 0.6) is 0 Å². The van der Waals surface area contributed by atoms with Gasteiger partial charge in [-0.2, -0.15) is 0 Å². The quantitative estimate of drug-likeness (QED) is 0.0426. The van der Waals surface area contributed by atoms with Crippen molar-refractivity contribution in [3.8, 4) is 66.8 Å². The molecule has 18 nitrogen and oxygen atoms in total. The van der Waals surface area contributed by atoms with Crippen molar-refractivity contribution in [2.75, 3.05) is 0 Å². The summed E-state index contributed by atoms with van der Waals surface area (Å²) >= 11 is 0. The van der Waals surface area contributed by atoms with Gasteiger partial charge in [-0.05, 0) is 84.0 Å². The maximum Gasteiger partial charge on any atom is 0.276 e. The minimum atomic E-state index is -2.81. The number of nitro benzene ring substituents is 4. The third kappa shape index (κ3) is 10.9. The van der Waals surface area contributed by atoms with Gasteiger partial charge >= 0.3 is 0 Å². The van der Waals surface area contributed by atoms with E-state index in [1.165, 1.54) is 0 Å². The van der Waals surface area contributed by atoms with Crippen molar-refractivity contribution in [3.63, 3.8) is 0 Å². The van der Waals surface area contributed by atoms with E-state index in [9.17, 15) is 58.0 Å². The first-order valence-corrected chi connectivity index (χ1v) is 28.4. The van der Waals surface area contributed by atoms with Gasteiger partial charge in [0.25, 0.3) is 22.7 Å². The van der Waals surface area contributed by atoms with Crippen LogP contribution in [0.3, 0.4) is 0 Å². The maximum absolute atomic E-state index is 16.6. The molecule has 6 aromatic carbocycles. The number of aromatic nitrogens is 6. The summed E-state index contributed by atoms with van der Waals surface area (Å²) in [7, 11) is 0. The third-order valence-corrected chi connectivity index (χ3v) is 16.1. The lowest BCUT2D eigenvalue weighted by atomic mass is 10.00. The molecule has 2 N–H and O–H groups in total. The van der Waals surface area contributed by atoms with Crippen LogP contribution >= 0.6 is 0 Å². The summed E-state index contributed by atoms with van der Waals surface area (Å²) < 4.78 is 318. The molecule has 0 saturated heterocycles. The molecule has 0 radical (unpaired) electrons. The van der Waals surface area contributed by atoms with Crippen LogP contribution < -0.4 is 0 Å². The van der Waals surface area contributed by atoms with Crippen LogP contribution in [0.1, 0.15) is 45.6 Å². The topological polar surface area (TPSA) is 256 Å². The average Bonchev–Trinajstić information content (AvgIpc) is 1.47. The minimum absolute atomic E-state index is 0.382. The second-order valence-corrected chi connectivity index (χ2v) is 22.0. The van der Waals surface area contributed by atoms with Crippen LogP contribution in [-0.2, 0) is 0 Å². The van der Waals surface area contributed by atoms with Gasteiger partial charge in [-0.15, -0.1) is 0 Å². The van der Waals surface area contributed by atoms with Crippen molar-refractivity contribution in [1.82, 2.24) is 29.9 Å². The Morgan fingerprint density at radius 2 is 0.385 bits per heavy atom. The Balaban J connectivity index is 1.33. The molecule has 0 atom stereocenters. The normalized spacial score (nSPS) is 12.2. The Labute approximate surface area is 559 Å². The second kappa shape index (κ2) is 25.2. The summed E-state index contributed by atoms with van der Waals surface area (Å²) in [6, 6.07) is 5.87. The molecule has 0 amide bonds. The molecule has 9 aromatic rings. The molecule has 3 aromatic heterocycles. The van der Waals surface area contributed by atoms with Crippen molar-refractivity contribution >= 4 is 93.4 Å². The van der Waals surface area contributed by atoms with Gasteiger partial charge in [-0.3, -0.25) is 40.5 Å². The zero-order valence-electron chi connectivity index (χ0n) is 49.8. The van der Waals surface area contributed by atoms with Gasteiger partial charge in [-0.25, -0.2) is 108 Å². The molecule has 38 heteroatoms. The van der Waals surface area contributed by atoms with E-state index in [2.05, 4.69) is 29.9 Å². The highest BCUT2D eigenvalue weighted by molar-refractivity contribution is 6.01. The number of halogens is 20. The number of fused-ring (bicyclic) bond motifs is 12. The monoisotopic (exact) mass is 1460 g/mol. The lowest BCUT2D eigenvalue weighted by Crippen LogP contribution is -2.06. The van der Waals surface area contributed by atoms with E-state index < -0.39 is 293 Å². The number of hydrogen-bond acceptors (Lipinski definition) is 12. The predicted octanol–water partition coefficient (Wildman–Crippen LogP) is 19.1. The molecule has 104 heavy (non-hydrogen) atoms. The number of benzene rings is 6. The van der Waals surface area contributed by atoms with Gasteiger partial charge in [0.15, 0.2) is 93.1 Å². The number of nitrogens with zero attached hydrogens (tertiary/aromatic N) is 8. The number of rotatable bonds is 10. The Morgan fingerprint density at radius 1 is 0.221 bits per heavy atom. The van der Waals surface area contributed by atoms with Gasteiger partial charge in [0, 0.05) is 79.7 Å². The Morgan fingerprint density at radius 3 is 0.587 bits per heavy atom.